The quantitative estimate of drug-likeness (QED) is 0.384. The lowest BCUT2D eigenvalue weighted by Gasteiger charge is -2.15. The summed E-state index contributed by atoms with van der Waals surface area (Å²) in [7, 11) is 3.03. The number of amides is 2. The van der Waals surface area contributed by atoms with Gasteiger partial charge in [0.1, 0.15) is 18.0 Å². The van der Waals surface area contributed by atoms with Crippen molar-refractivity contribution < 1.29 is 19.1 Å². The highest BCUT2D eigenvalue weighted by molar-refractivity contribution is 6.30. The standard InChI is InChI=1S/C21H22ClN3O4/c1-4-5-18(15-6-8-16(22)9-7-15)24-25(14-26)13-21(27)23-19-11-10-17(28-2)12-20(19)29-3/h4-12,14H,13H2,1-3H3,(H,23,27)/b5-4-,24-18+. The summed E-state index contributed by atoms with van der Waals surface area (Å²) in [4.78, 5) is 23.9. The van der Waals surface area contributed by atoms with Gasteiger partial charge in [0.2, 0.25) is 12.3 Å². The van der Waals surface area contributed by atoms with Gasteiger partial charge in [-0.05, 0) is 37.3 Å². The minimum Gasteiger partial charge on any atom is -0.497 e. The Hall–Kier alpha value is -3.32. The molecular formula is C21H22ClN3O4. The van der Waals surface area contributed by atoms with E-state index in [4.69, 9.17) is 21.1 Å². The molecule has 0 radical (unpaired) electrons. The summed E-state index contributed by atoms with van der Waals surface area (Å²) in [5, 5.41) is 8.60. The summed E-state index contributed by atoms with van der Waals surface area (Å²) in [6, 6.07) is 12.0. The first-order chi connectivity index (χ1) is 14.0. The Morgan fingerprint density at radius 2 is 1.90 bits per heavy atom. The molecule has 152 valence electrons. The van der Waals surface area contributed by atoms with Crippen molar-refractivity contribution in [2.75, 3.05) is 26.1 Å². The number of nitrogens with zero attached hydrogens (tertiary/aromatic N) is 2. The lowest BCUT2D eigenvalue weighted by Crippen LogP contribution is -2.29. The van der Waals surface area contributed by atoms with Gasteiger partial charge in [-0.1, -0.05) is 29.8 Å². The fourth-order valence-electron chi connectivity index (χ4n) is 2.44. The number of hydrazone groups is 1. The zero-order valence-electron chi connectivity index (χ0n) is 16.4. The first-order valence-electron chi connectivity index (χ1n) is 8.71. The maximum absolute atomic E-state index is 12.4. The molecule has 0 aromatic heterocycles. The molecule has 2 aromatic rings. The molecule has 0 aliphatic heterocycles. The molecule has 0 atom stereocenters. The third-order valence-electron chi connectivity index (χ3n) is 3.81. The molecule has 29 heavy (non-hydrogen) atoms. The molecule has 1 N–H and O–H groups in total. The maximum Gasteiger partial charge on any atom is 0.246 e. The van der Waals surface area contributed by atoms with Crippen molar-refractivity contribution in [1.29, 1.82) is 0 Å². The van der Waals surface area contributed by atoms with Gasteiger partial charge in [-0.25, -0.2) is 5.01 Å². The van der Waals surface area contributed by atoms with Crippen LogP contribution in [0.25, 0.3) is 0 Å². The van der Waals surface area contributed by atoms with Gasteiger partial charge in [-0.2, -0.15) is 5.10 Å². The maximum atomic E-state index is 12.4. The van der Waals surface area contributed by atoms with Crippen LogP contribution >= 0.6 is 11.6 Å². The lowest BCUT2D eigenvalue weighted by atomic mass is 10.1. The van der Waals surface area contributed by atoms with Crippen LogP contribution in [0.1, 0.15) is 12.5 Å². The normalized spacial score (nSPS) is 11.2. The molecule has 0 heterocycles. The van der Waals surface area contributed by atoms with Gasteiger partial charge in [0.15, 0.2) is 0 Å². The van der Waals surface area contributed by atoms with Crippen molar-refractivity contribution in [2.24, 2.45) is 5.10 Å². The van der Waals surface area contributed by atoms with Gasteiger partial charge in [0.05, 0.1) is 25.6 Å². The second-order valence-electron chi connectivity index (χ2n) is 5.81. The minimum atomic E-state index is -0.430. The summed E-state index contributed by atoms with van der Waals surface area (Å²) < 4.78 is 10.4. The van der Waals surface area contributed by atoms with Gasteiger partial charge in [-0.3, -0.25) is 9.59 Å². The Kier molecular flexibility index (Phi) is 8.24. The zero-order chi connectivity index (χ0) is 21.2. The van der Waals surface area contributed by atoms with Gasteiger partial charge < -0.3 is 14.8 Å². The summed E-state index contributed by atoms with van der Waals surface area (Å²) in [5.74, 6) is 0.604. The van der Waals surface area contributed by atoms with Crippen molar-refractivity contribution in [3.05, 3.63) is 65.2 Å². The first-order valence-corrected chi connectivity index (χ1v) is 9.09. The number of carbonyl (C=O) groups excluding carboxylic acids is 2. The summed E-state index contributed by atoms with van der Waals surface area (Å²) in [6.45, 7) is 1.56. The second-order valence-corrected chi connectivity index (χ2v) is 6.25. The number of methoxy groups -OCH3 is 2. The topological polar surface area (TPSA) is 80.2 Å². The molecule has 7 nitrogen and oxygen atoms in total. The predicted octanol–water partition coefficient (Wildman–Crippen LogP) is 3.73. The Bertz CT molecular complexity index is 911. The number of ether oxygens (including phenoxy) is 2. The van der Waals surface area contributed by atoms with E-state index >= 15 is 0 Å². The van der Waals surface area contributed by atoms with Crippen LogP contribution in [0.5, 0.6) is 11.5 Å². The van der Waals surface area contributed by atoms with E-state index in [0.29, 0.717) is 34.3 Å². The minimum absolute atomic E-state index is 0.271. The highest BCUT2D eigenvalue weighted by Gasteiger charge is 2.13. The van der Waals surface area contributed by atoms with Crippen LogP contribution in [-0.4, -0.2) is 43.8 Å². The molecule has 2 amide bonds. The third-order valence-corrected chi connectivity index (χ3v) is 4.06. The summed E-state index contributed by atoms with van der Waals surface area (Å²) >= 11 is 5.92. The van der Waals surface area contributed by atoms with E-state index in [9.17, 15) is 9.59 Å². The number of benzene rings is 2. The van der Waals surface area contributed by atoms with Gasteiger partial charge in [-0.15, -0.1) is 0 Å². The molecule has 8 heteroatoms. The van der Waals surface area contributed by atoms with Gasteiger partial charge >= 0.3 is 0 Å². The van der Waals surface area contributed by atoms with Gasteiger partial charge in [0, 0.05) is 16.7 Å². The highest BCUT2D eigenvalue weighted by atomic mass is 35.5. The third kappa shape index (κ3) is 6.36. The summed E-state index contributed by atoms with van der Waals surface area (Å²) in [5.41, 5.74) is 1.74. The molecule has 0 unspecified atom stereocenters. The van der Waals surface area contributed by atoms with E-state index in [1.54, 1.807) is 54.6 Å². The van der Waals surface area contributed by atoms with Crippen LogP contribution in [0.15, 0.2) is 59.7 Å². The van der Waals surface area contributed by atoms with Crippen molar-refractivity contribution >= 4 is 35.3 Å². The SMILES string of the molecule is C/C=C\C(=N/N(C=O)CC(=O)Nc1ccc(OC)cc1OC)c1ccc(Cl)cc1. The Balaban J connectivity index is 2.17. The fourth-order valence-corrected chi connectivity index (χ4v) is 2.57. The lowest BCUT2D eigenvalue weighted by molar-refractivity contribution is -0.125. The number of anilines is 1. The van der Waals surface area contributed by atoms with E-state index in [2.05, 4.69) is 10.4 Å². The van der Waals surface area contributed by atoms with Crippen molar-refractivity contribution in [3.63, 3.8) is 0 Å². The van der Waals surface area contributed by atoms with E-state index in [-0.39, 0.29) is 6.54 Å². The Morgan fingerprint density at radius 3 is 2.48 bits per heavy atom. The largest absolute Gasteiger partial charge is 0.497 e. The van der Waals surface area contributed by atoms with Crippen LogP contribution in [0.4, 0.5) is 5.69 Å². The molecular weight excluding hydrogens is 394 g/mol. The van der Waals surface area contributed by atoms with Crippen LogP contribution in [0, 0.1) is 0 Å². The van der Waals surface area contributed by atoms with E-state index in [0.717, 1.165) is 10.6 Å². The Labute approximate surface area is 174 Å². The number of hydrogen-bond donors (Lipinski definition) is 1. The molecule has 0 saturated carbocycles. The van der Waals surface area contributed by atoms with Crippen LogP contribution in [0.2, 0.25) is 5.02 Å². The van der Waals surface area contributed by atoms with Crippen LogP contribution < -0.4 is 14.8 Å². The first kappa shape index (κ1) is 22.0. The average molecular weight is 416 g/mol. The van der Waals surface area contributed by atoms with E-state index in [1.807, 2.05) is 6.92 Å². The molecule has 0 aliphatic rings. The molecule has 2 aromatic carbocycles. The smallest absolute Gasteiger partial charge is 0.246 e. The number of halogens is 1. The van der Waals surface area contributed by atoms with Crippen molar-refractivity contribution in [2.45, 2.75) is 6.92 Å². The van der Waals surface area contributed by atoms with E-state index in [1.165, 1.54) is 14.2 Å². The molecule has 0 fully saturated rings. The number of hydrogen-bond acceptors (Lipinski definition) is 5. The van der Waals surface area contributed by atoms with Crippen LogP contribution in [0.3, 0.4) is 0 Å². The molecule has 0 spiro atoms. The average Bonchev–Trinajstić information content (AvgIpc) is 2.73. The second kappa shape index (κ2) is 10.9. The van der Waals surface area contributed by atoms with Crippen LogP contribution in [-0.2, 0) is 9.59 Å². The van der Waals surface area contributed by atoms with Crippen molar-refractivity contribution in [1.82, 2.24) is 5.01 Å². The number of carbonyl (C=O) groups is 2. The molecule has 0 bridgehead atoms. The molecule has 2 rings (SSSR count). The zero-order valence-corrected chi connectivity index (χ0v) is 17.1. The molecule has 0 saturated heterocycles. The number of allylic oxidation sites excluding steroid dienone is 2. The highest BCUT2D eigenvalue weighted by Crippen LogP contribution is 2.28. The molecule has 0 aliphatic carbocycles. The van der Waals surface area contributed by atoms with Gasteiger partial charge in [0.25, 0.3) is 0 Å². The number of nitrogens with one attached hydrogen (secondary N) is 1. The van der Waals surface area contributed by atoms with E-state index < -0.39 is 5.91 Å². The Morgan fingerprint density at radius 1 is 1.17 bits per heavy atom. The monoisotopic (exact) mass is 415 g/mol. The summed E-state index contributed by atoms with van der Waals surface area (Å²) in [6.07, 6.45) is 4.02. The fraction of sp³-hybridized carbons (Fsp3) is 0.190. The number of rotatable bonds is 9. The predicted molar refractivity (Wildman–Crippen MR) is 114 cm³/mol. The van der Waals surface area contributed by atoms with Crippen molar-refractivity contribution in [3.8, 4) is 11.5 Å².